The van der Waals surface area contributed by atoms with E-state index in [1.807, 2.05) is 0 Å². The Kier molecular flexibility index (Phi) is 1.40. The first-order valence-electron chi connectivity index (χ1n) is 4.22. The lowest BCUT2D eigenvalue weighted by Crippen LogP contribution is -2.22. The minimum atomic E-state index is 0.916. The zero-order valence-electron chi connectivity index (χ0n) is 6.34. The predicted molar refractivity (Wildman–Crippen MR) is 43.7 cm³/mol. The van der Waals surface area contributed by atoms with Crippen LogP contribution in [0.4, 0.5) is 0 Å². The number of fused-ring (bicyclic) bond motifs is 1. The first kappa shape index (κ1) is 6.21. The largest absolute Gasteiger partial charge is 0.0958 e. The van der Waals surface area contributed by atoms with Gasteiger partial charge in [-0.2, -0.15) is 0 Å². The van der Waals surface area contributed by atoms with E-state index < -0.39 is 0 Å². The van der Waals surface area contributed by atoms with Gasteiger partial charge in [0.15, 0.2) is 0 Å². The number of allylic oxidation sites excluding steroid dienone is 3. The zero-order valence-corrected chi connectivity index (χ0v) is 6.34. The van der Waals surface area contributed by atoms with Crippen LogP contribution in [0.2, 0.25) is 0 Å². The van der Waals surface area contributed by atoms with Gasteiger partial charge in [-0.05, 0) is 37.5 Å². The van der Waals surface area contributed by atoms with E-state index in [1.165, 1.54) is 31.3 Å². The first-order chi connectivity index (χ1) is 4.86. The highest BCUT2D eigenvalue weighted by molar-refractivity contribution is 5.19. The van der Waals surface area contributed by atoms with Gasteiger partial charge in [-0.15, -0.1) is 0 Å². The molecule has 2 aliphatic carbocycles. The fraction of sp³-hybridized carbons (Fsp3) is 0.600. The zero-order chi connectivity index (χ0) is 6.97. The van der Waals surface area contributed by atoms with Crippen LogP contribution < -0.4 is 0 Å². The Hall–Kier alpha value is -0.520. The molecule has 0 N–H and O–H groups in total. The molecule has 0 spiro atoms. The molecule has 1 saturated carbocycles. The molecule has 1 fully saturated rings. The van der Waals surface area contributed by atoms with Crippen molar-refractivity contribution in [1.29, 1.82) is 0 Å². The SMILES string of the molecule is C=C1C=CC2CCC2CC1. The molecule has 0 saturated heterocycles. The molecule has 0 aromatic carbocycles. The van der Waals surface area contributed by atoms with Gasteiger partial charge in [0, 0.05) is 0 Å². The predicted octanol–water partition coefficient (Wildman–Crippen LogP) is 2.92. The molecule has 0 heteroatoms. The topological polar surface area (TPSA) is 0 Å². The van der Waals surface area contributed by atoms with Gasteiger partial charge in [0.25, 0.3) is 0 Å². The van der Waals surface area contributed by atoms with Crippen molar-refractivity contribution in [2.75, 3.05) is 0 Å². The number of rotatable bonds is 0. The minimum Gasteiger partial charge on any atom is -0.0958 e. The smallest absolute Gasteiger partial charge is 0.0202 e. The second-order valence-electron chi connectivity index (χ2n) is 3.56. The van der Waals surface area contributed by atoms with Crippen LogP contribution in [-0.2, 0) is 0 Å². The normalized spacial score (nSPS) is 38.2. The Balaban J connectivity index is 2.09. The monoisotopic (exact) mass is 134 g/mol. The summed E-state index contributed by atoms with van der Waals surface area (Å²) in [7, 11) is 0. The molecular weight excluding hydrogens is 120 g/mol. The summed E-state index contributed by atoms with van der Waals surface area (Å²) in [5.41, 5.74) is 1.33. The molecule has 0 heterocycles. The van der Waals surface area contributed by atoms with E-state index in [0.29, 0.717) is 0 Å². The van der Waals surface area contributed by atoms with Crippen molar-refractivity contribution in [3.63, 3.8) is 0 Å². The second kappa shape index (κ2) is 2.26. The summed E-state index contributed by atoms with van der Waals surface area (Å²) in [5, 5.41) is 0. The third-order valence-corrected chi connectivity index (χ3v) is 2.89. The third kappa shape index (κ3) is 0.920. The van der Waals surface area contributed by atoms with E-state index in [0.717, 1.165) is 11.8 Å². The minimum absolute atomic E-state index is 0.916. The molecule has 0 aliphatic heterocycles. The molecule has 10 heavy (non-hydrogen) atoms. The lowest BCUT2D eigenvalue weighted by molar-refractivity contribution is 0.216. The van der Waals surface area contributed by atoms with Crippen LogP contribution in [0.15, 0.2) is 24.3 Å². The maximum atomic E-state index is 3.98. The van der Waals surface area contributed by atoms with E-state index in [-0.39, 0.29) is 0 Å². The van der Waals surface area contributed by atoms with Gasteiger partial charge in [0.05, 0.1) is 0 Å². The lowest BCUT2D eigenvalue weighted by Gasteiger charge is -2.33. The van der Waals surface area contributed by atoms with Gasteiger partial charge in [-0.3, -0.25) is 0 Å². The third-order valence-electron chi connectivity index (χ3n) is 2.89. The van der Waals surface area contributed by atoms with Crippen molar-refractivity contribution in [3.05, 3.63) is 24.3 Å². The number of hydrogen-bond donors (Lipinski definition) is 0. The summed E-state index contributed by atoms with van der Waals surface area (Å²) in [4.78, 5) is 0. The molecular formula is C10H14. The molecule has 54 valence electrons. The maximum absolute atomic E-state index is 3.98. The van der Waals surface area contributed by atoms with Gasteiger partial charge in [-0.1, -0.05) is 24.3 Å². The summed E-state index contributed by atoms with van der Waals surface area (Å²) in [6.07, 6.45) is 10.1. The highest BCUT2D eigenvalue weighted by Crippen LogP contribution is 2.41. The lowest BCUT2D eigenvalue weighted by atomic mass is 9.72. The molecule has 2 unspecified atom stereocenters. The second-order valence-corrected chi connectivity index (χ2v) is 3.56. The van der Waals surface area contributed by atoms with E-state index in [1.54, 1.807) is 0 Å². The Morgan fingerprint density at radius 3 is 2.90 bits per heavy atom. The van der Waals surface area contributed by atoms with Crippen LogP contribution in [0.5, 0.6) is 0 Å². The van der Waals surface area contributed by atoms with Gasteiger partial charge in [-0.25, -0.2) is 0 Å². The molecule has 2 aliphatic rings. The van der Waals surface area contributed by atoms with E-state index >= 15 is 0 Å². The van der Waals surface area contributed by atoms with E-state index in [4.69, 9.17) is 0 Å². The quantitative estimate of drug-likeness (QED) is 0.478. The maximum Gasteiger partial charge on any atom is -0.0202 e. The van der Waals surface area contributed by atoms with Gasteiger partial charge in [0.1, 0.15) is 0 Å². The van der Waals surface area contributed by atoms with Crippen molar-refractivity contribution in [1.82, 2.24) is 0 Å². The van der Waals surface area contributed by atoms with Crippen LogP contribution in [0.3, 0.4) is 0 Å². The Labute approximate surface area is 62.6 Å². The van der Waals surface area contributed by atoms with Crippen LogP contribution in [0, 0.1) is 11.8 Å². The van der Waals surface area contributed by atoms with Crippen LogP contribution in [0.25, 0.3) is 0 Å². The van der Waals surface area contributed by atoms with Crippen molar-refractivity contribution in [2.24, 2.45) is 11.8 Å². The molecule has 0 amide bonds. The molecule has 0 aromatic heterocycles. The summed E-state index contributed by atoms with van der Waals surface area (Å²) in [6.45, 7) is 3.98. The average Bonchev–Trinajstić information content (AvgIpc) is 1.94. The summed E-state index contributed by atoms with van der Waals surface area (Å²) >= 11 is 0. The fourth-order valence-electron chi connectivity index (χ4n) is 1.92. The highest BCUT2D eigenvalue weighted by Gasteiger charge is 2.29. The van der Waals surface area contributed by atoms with Crippen LogP contribution in [-0.4, -0.2) is 0 Å². The molecule has 2 rings (SSSR count). The highest BCUT2D eigenvalue weighted by atomic mass is 14.3. The van der Waals surface area contributed by atoms with Crippen LogP contribution >= 0.6 is 0 Å². The van der Waals surface area contributed by atoms with Gasteiger partial charge >= 0.3 is 0 Å². The van der Waals surface area contributed by atoms with E-state index in [2.05, 4.69) is 18.7 Å². The Morgan fingerprint density at radius 2 is 2.20 bits per heavy atom. The summed E-state index contributed by atoms with van der Waals surface area (Å²) in [6, 6.07) is 0. The summed E-state index contributed by atoms with van der Waals surface area (Å²) < 4.78 is 0. The molecule has 0 radical (unpaired) electrons. The summed E-state index contributed by atoms with van der Waals surface area (Å²) in [5.74, 6) is 1.93. The average molecular weight is 134 g/mol. The van der Waals surface area contributed by atoms with Crippen molar-refractivity contribution < 1.29 is 0 Å². The molecule has 2 atom stereocenters. The van der Waals surface area contributed by atoms with Crippen molar-refractivity contribution in [3.8, 4) is 0 Å². The van der Waals surface area contributed by atoms with Crippen LogP contribution in [0.1, 0.15) is 25.7 Å². The van der Waals surface area contributed by atoms with Gasteiger partial charge < -0.3 is 0 Å². The Bertz CT molecular complexity index is 176. The van der Waals surface area contributed by atoms with Crippen molar-refractivity contribution in [2.45, 2.75) is 25.7 Å². The first-order valence-corrected chi connectivity index (χ1v) is 4.22. The van der Waals surface area contributed by atoms with E-state index in [9.17, 15) is 0 Å². The molecule has 0 aromatic rings. The standard InChI is InChI=1S/C10H14/c1-8-2-4-9-6-7-10(9)5-3-8/h2,4,9-10H,1,3,5-7H2. The number of hydrogen-bond acceptors (Lipinski definition) is 0. The molecule has 0 bridgehead atoms. The van der Waals surface area contributed by atoms with Crippen molar-refractivity contribution >= 4 is 0 Å². The fourth-order valence-corrected chi connectivity index (χ4v) is 1.92. The van der Waals surface area contributed by atoms with Gasteiger partial charge in [0.2, 0.25) is 0 Å². The molecule has 0 nitrogen and oxygen atoms in total. The Morgan fingerprint density at radius 1 is 1.30 bits per heavy atom.